The van der Waals surface area contributed by atoms with Crippen LogP contribution in [0.15, 0.2) is 81.1 Å². The molecule has 0 N–H and O–H groups in total. The molecule has 0 radical (unpaired) electrons. The summed E-state index contributed by atoms with van der Waals surface area (Å²) in [5.74, 6) is -0.677. The van der Waals surface area contributed by atoms with Crippen LogP contribution in [0, 0.1) is 6.92 Å². The maximum Gasteiger partial charge on any atom is 0.333 e. The number of rotatable bonds is 8. The van der Waals surface area contributed by atoms with Crippen molar-refractivity contribution in [3.63, 3.8) is 0 Å². The highest BCUT2D eigenvalue weighted by Crippen LogP contribution is 2.31. The Morgan fingerprint density at radius 3 is 2.38 bits per heavy atom. The van der Waals surface area contributed by atoms with Crippen LogP contribution in [0.4, 0.5) is 0 Å². The Bertz CT molecular complexity index is 1770. The minimum Gasteiger partial charge on any atom is -0.459 e. The molecule has 0 spiro atoms. The molecule has 0 aliphatic heterocycles. The van der Waals surface area contributed by atoms with Crippen LogP contribution in [0.2, 0.25) is 0 Å². The molecule has 0 saturated heterocycles. The number of nitrogens with zero attached hydrogens (tertiary/aromatic N) is 5. The van der Waals surface area contributed by atoms with Gasteiger partial charge >= 0.3 is 11.7 Å². The van der Waals surface area contributed by atoms with E-state index in [1.807, 2.05) is 54.6 Å². The van der Waals surface area contributed by atoms with Gasteiger partial charge in [0.2, 0.25) is 0 Å². The van der Waals surface area contributed by atoms with E-state index in [2.05, 4.69) is 26.1 Å². The second-order valence-corrected chi connectivity index (χ2v) is 11.4. The van der Waals surface area contributed by atoms with Crippen LogP contribution in [0.5, 0.6) is 0 Å². The molecule has 0 saturated carbocycles. The van der Waals surface area contributed by atoms with Gasteiger partial charge in [-0.15, -0.1) is 4.80 Å². The maximum atomic E-state index is 14.0. The largest absolute Gasteiger partial charge is 0.459 e. The van der Waals surface area contributed by atoms with E-state index in [-0.39, 0.29) is 6.61 Å². The van der Waals surface area contributed by atoms with Gasteiger partial charge in [0.25, 0.3) is 5.56 Å². The molecular formula is C28H26BrN5O4S. The minimum atomic E-state index is -1.56. The minimum absolute atomic E-state index is 0.0307. The Balaban J connectivity index is 1.64. The van der Waals surface area contributed by atoms with E-state index in [1.54, 1.807) is 23.9 Å². The molecular weight excluding hydrogens is 582 g/mol. The second-order valence-electron chi connectivity index (χ2n) is 9.57. The summed E-state index contributed by atoms with van der Waals surface area (Å²) >= 11 is 4.84. The smallest absolute Gasteiger partial charge is 0.333 e. The van der Waals surface area contributed by atoms with Crippen LogP contribution >= 0.6 is 27.3 Å². The van der Waals surface area contributed by atoms with Gasteiger partial charge in [-0.05, 0) is 44.4 Å². The molecule has 9 nitrogen and oxygen atoms in total. The van der Waals surface area contributed by atoms with Gasteiger partial charge < -0.3 is 4.74 Å². The first-order valence-electron chi connectivity index (χ1n) is 12.3. The molecule has 0 unspecified atom stereocenters. The zero-order valence-corrected chi connectivity index (χ0v) is 24.0. The normalized spacial score (nSPS) is 11.7. The maximum absolute atomic E-state index is 14.0. The molecule has 0 aliphatic carbocycles. The lowest BCUT2D eigenvalue weighted by atomic mass is 10.1. The highest BCUT2D eigenvalue weighted by molar-refractivity contribution is 9.10. The van der Waals surface area contributed by atoms with E-state index in [9.17, 15) is 14.4 Å². The number of carbonyl (C=O) groups excluding carboxylic acids is 1. The molecule has 0 aliphatic rings. The number of ether oxygens (including phenoxy) is 1. The molecule has 2 aromatic carbocycles. The fourth-order valence-corrected chi connectivity index (χ4v) is 6.18. The lowest BCUT2D eigenvalue weighted by molar-refractivity contribution is -0.154. The molecule has 0 amide bonds. The molecule has 39 heavy (non-hydrogen) atoms. The van der Waals surface area contributed by atoms with Gasteiger partial charge in [0.1, 0.15) is 22.0 Å². The number of esters is 1. The van der Waals surface area contributed by atoms with E-state index < -0.39 is 22.8 Å². The number of carbonyl (C=O) groups is 1. The topological polar surface area (TPSA) is 101 Å². The van der Waals surface area contributed by atoms with Gasteiger partial charge in [0.15, 0.2) is 0 Å². The summed E-state index contributed by atoms with van der Waals surface area (Å²) in [5.41, 5.74) is -0.249. The highest BCUT2D eigenvalue weighted by Gasteiger charge is 2.37. The first-order valence-corrected chi connectivity index (χ1v) is 13.9. The summed E-state index contributed by atoms with van der Waals surface area (Å²) in [6.07, 6.45) is 3.63. The number of hydrogen-bond acceptors (Lipinski definition) is 7. The van der Waals surface area contributed by atoms with Crippen molar-refractivity contribution in [1.29, 1.82) is 0 Å². The molecule has 3 aromatic heterocycles. The third-order valence-corrected chi connectivity index (χ3v) is 8.68. The third kappa shape index (κ3) is 4.99. The molecule has 3 heterocycles. The lowest BCUT2D eigenvalue weighted by Gasteiger charge is -2.26. The van der Waals surface area contributed by atoms with Crippen molar-refractivity contribution < 1.29 is 9.53 Å². The molecule has 0 bridgehead atoms. The number of thiophene rings is 1. The molecule has 5 rings (SSSR count). The number of hydrogen-bond donors (Lipinski definition) is 0. The molecule has 11 heteroatoms. The quantitative estimate of drug-likeness (QED) is 0.239. The summed E-state index contributed by atoms with van der Waals surface area (Å²) in [4.78, 5) is 43.2. The predicted octanol–water partition coefficient (Wildman–Crippen LogP) is 4.60. The summed E-state index contributed by atoms with van der Waals surface area (Å²) < 4.78 is 9.08. The number of aromatic nitrogens is 5. The Morgan fingerprint density at radius 1 is 1.03 bits per heavy atom. The van der Waals surface area contributed by atoms with Crippen LogP contribution in [0.3, 0.4) is 0 Å². The number of benzene rings is 2. The van der Waals surface area contributed by atoms with Gasteiger partial charge in [0, 0.05) is 16.6 Å². The Hall–Kier alpha value is -3.83. The average molecular weight is 609 g/mol. The van der Waals surface area contributed by atoms with Crippen molar-refractivity contribution in [3.05, 3.63) is 109 Å². The van der Waals surface area contributed by atoms with Crippen LogP contribution in [-0.4, -0.2) is 30.1 Å². The first-order chi connectivity index (χ1) is 18.7. The number of halogens is 1. The van der Waals surface area contributed by atoms with E-state index >= 15 is 0 Å². The first kappa shape index (κ1) is 26.8. The van der Waals surface area contributed by atoms with E-state index in [0.717, 1.165) is 20.2 Å². The summed E-state index contributed by atoms with van der Waals surface area (Å²) in [5, 5.41) is 9.42. The van der Waals surface area contributed by atoms with Gasteiger partial charge in [-0.25, -0.2) is 14.2 Å². The highest BCUT2D eigenvalue weighted by atomic mass is 79.9. The standard InChI is InChI=1S/C28H26BrN5O4S/c1-18-22-23(35)33(28(2,3)26(36)38-17-19-9-5-4-6-10-19)27(37)32(16-13-20-11-7-8-12-21(20)29)25(22)39-24(18)34-30-14-15-31-34/h4-12,14-15H,13,16-17H2,1-3H3. The lowest BCUT2D eigenvalue weighted by Crippen LogP contribution is -2.53. The van der Waals surface area contributed by atoms with Crippen LogP contribution in [0.1, 0.15) is 30.5 Å². The fraction of sp³-hybridized carbons (Fsp3) is 0.250. The summed E-state index contributed by atoms with van der Waals surface area (Å²) in [7, 11) is 0. The Kier molecular flexibility index (Phi) is 7.37. The Labute approximate surface area is 236 Å². The molecule has 0 atom stereocenters. The van der Waals surface area contributed by atoms with Crippen LogP contribution in [0.25, 0.3) is 15.2 Å². The Morgan fingerprint density at radius 2 is 1.69 bits per heavy atom. The van der Waals surface area contributed by atoms with Crippen molar-refractivity contribution >= 4 is 43.5 Å². The summed E-state index contributed by atoms with van der Waals surface area (Å²) in [6, 6.07) is 17.0. The molecule has 200 valence electrons. The van der Waals surface area contributed by atoms with Crippen molar-refractivity contribution in [2.75, 3.05) is 0 Å². The number of aryl methyl sites for hydroxylation is 3. The van der Waals surface area contributed by atoms with E-state index in [0.29, 0.717) is 33.7 Å². The second kappa shape index (κ2) is 10.7. The van der Waals surface area contributed by atoms with E-state index in [4.69, 9.17) is 4.74 Å². The van der Waals surface area contributed by atoms with Crippen molar-refractivity contribution in [1.82, 2.24) is 24.1 Å². The van der Waals surface area contributed by atoms with E-state index in [1.165, 1.54) is 30.0 Å². The zero-order chi connectivity index (χ0) is 27.7. The van der Waals surface area contributed by atoms with Gasteiger partial charge in [-0.3, -0.25) is 9.36 Å². The molecule has 0 fully saturated rings. The number of fused-ring (bicyclic) bond motifs is 1. The van der Waals surface area contributed by atoms with Gasteiger partial charge in [-0.1, -0.05) is 75.8 Å². The van der Waals surface area contributed by atoms with Crippen LogP contribution < -0.4 is 11.2 Å². The zero-order valence-electron chi connectivity index (χ0n) is 21.6. The monoisotopic (exact) mass is 607 g/mol. The van der Waals surface area contributed by atoms with Crippen molar-refractivity contribution in [2.45, 2.75) is 45.9 Å². The predicted molar refractivity (Wildman–Crippen MR) is 153 cm³/mol. The average Bonchev–Trinajstić information content (AvgIpc) is 3.57. The van der Waals surface area contributed by atoms with Gasteiger partial charge in [-0.2, -0.15) is 10.2 Å². The SMILES string of the molecule is Cc1c(-n2nccn2)sc2c1c(=O)n(C(C)(C)C(=O)OCc1ccccc1)c(=O)n2CCc1ccccc1Br. The van der Waals surface area contributed by atoms with Gasteiger partial charge in [0.05, 0.1) is 17.8 Å². The van der Waals surface area contributed by atoms with Crippen LogP contribution in [-0.2, 0) is 34.6 Å². The third-order valence-electron chi connectivity index (χ3n) is 6.62. The van der Waals surface area contributed by atoms with Crippen molar-refractivity contribution in [2.24, 2.45) is 0 Å². The fourth-order valence-electron chi connectivity index (χ4n) is 4.46. The molecule has 5 aromatic rings. The summed E-state index contributed by atoms with van der Waals surface area (Å²) in [6.45, 7) is 5.18. The van der Waals surface area contributed by atoms with Crippen molar-refractivity contribution in [3.8, 4) is 5.00 Å².